The maximum Gasteiger partial charge on any atom is 0.316 e. The first-order chi connectivity index (χ1) is 30.8. The molecule has 3 aliphatic heterocycles. The first-order valence-electron chi connectivity index (χ1n) is 21.5. The summed E-state index contributed by atoms with van der Waals surface area (Å²) in [5.41, 5.74) is 5.08. The molecule has 2 fully saturated rings. The van der Waals surface area contributed by atoms with Crippen molar-refractivity contribution in [3.8, 4) is 23.0 Å². The number of allylic oxidation sites excluding steroid dienone is 1. The Hall–Kier alpha value is -5.72. The molecule has 1 atom stereocenters. The number of halogens is 1. The summed E-state index contributed by atoms with van der Waals surface area (Å²) in [5, 5.41) is 13.8. The molecule has 2 aromatic heterocycles. The molecule has 5 aromatic rings. The van der Waals surface area contributed by atoms with Gasteiger partial charge in [0, 0.05) is 92.9 Å². The van der Waals surface area contributed by atoms with Crippen molar-refractivity contribution >= 4 is 55.5 Å². The van der Waals surface area contributed by atoms with Crippen LogP contribution in [0.25, 0.3) is 16.6 Å². The van der Waals surface area contributed by atoms with Gasteiger partial charge in [0.15, 0.2) is 5.75 Å². The number of nitro groups is 1. The molecule has 16 nitrogen and oxygen atoms in total. The number of carbonyl (C=O) groups excluding carboxylic acids is 1. The number of rotatable bonds is 12. The first-order valence-corrected chi connectivity index (χ1v) is 23.3. The number of nitrogens with one attached hydrogen (secondary N) is 2. The zero-order valence-corrected chi connectivity index (χ0v) is 37.3. The van der Waals surface area contributed by atoms with Crippen LogP contribution in [0.1, 0.15) is 49.0 Å². The second kappa shape index (κ2) is 18.0. The molecular formula is C46H50ClN7O9S. The van der Waals surface area contributed by atoms with Crippen LogP contribution in [0.15, 0.2) is 89.6 Å². The van der Waals surface area contributed by atoms with Gasteiger partial charge in [-0.05, 0) is 72.2 Å². The maximum atomic E-state index is 14.0. The van der Waals surface area contributed by atoms with Gasteiger partial charge < -0.3 is 28.8 Å². The third-order valence-electron chi connectivity index (χ3n) is 12.4. The van der Waals surface area contributed by atoms with Gasteiger partial charge in [-0.2, -0.15) is 0 Å². The number of morpholine rings is 1. The number of aromatic amines is 1. The summed E-state index contributed by atoms with van der Waals surface area (Å²) >= 11 is 6.25. The minimum atomic E-state index is -4.68. The molecule has 2 saturated heterocycles. The first kappa shape index (κ1) is 43.5. The van der Waals surface area contributed by atoms with Crippen molar-refractivity contribution < 1.29 is 37.1 Å². The molecule has 4 aliphatic rings. The topological polar surface area (TPSA) is 182 Å². The molecule has 1 aliphatic carbocycles. The van der Waals surface area contributed by atoms with E-state index >= 15 is 0 Å². The molecule has 0 spiro atoms. The van der Waals surface area contributed by atoms with Gasteiger partial charge in [0.05, 0.1) is 34.8 Å². The van der Waals surface area contributed by atoms with Gasteiger partial charge in [-0.25, -0.2) is 18.1 Å². The second-order valence-electron chi connectivity index (χ2n) is 17.5. The molecule has 336 valence electrons. The molecule has 0 saturated carbocycles. The minimum absolute atomic E-state index is 0.0463. The predicted octanol–water partition coefficient (Wildman–Crippen LogP) is 7.29. The average molecular weight is 912 g/mol. The van der Waals surface area contributed by atoms with E-state index in [1.807, 2.05) is 18.2 Å². The van der Waals surface area contributed by atoms with Crippen molar-refractivity contribution in [3.63, 3.8) is 0 Å². The number of pyridine rings is 1. The zero-order valence-electron chi connectivity index (χ0n) is 35.7. The van der Waals surface area contributed by atoms with Gasteiger partial charge >= 0.3 is 5.69 Å². The highest BCUT2D eigenvalue weighted by Gasteiger charge is 2.35. The van der Waals surface area contributed by atoms with Gasteiger partial charge in [0.25, 0.3) is 15.9 Å². The number of anilines is 1. The lowest BCUT2D eigenvalue weighted by atomic mass is 9.72. The summed E-state index contributed by atoms with van der Waals surface area (Å²) in [6.45, 7) is 11.6. The van der Waals surface area contributed by atoms with Crippen LogP contribution in [-0.4, -0.2) is 117 Å². The number of hydrogen-bond acceptors (Lipinski definition) is 13. The maximum absolute atomic E-state index is 14.0. The number of H-pyrrole nitrogens is 1. The summed E-state index contributed by atoms with van der Waals surface area (Å²) < 4.78 is 53.5. The van der Waals surface area contributed by atoms with E-state index < -0.39 is 37.5 Å². The van der Waals surface area contributed by atoms with Crippen LogP contribution >= 0.6 is 11.6 Å². The van der Waals surface area contributed by atoms with Crippen molar-refractivity contribution in [2.24, 2.45) is 5.41 Å². The smallest absolute Gasteiger partial charge is 0.316 e. The fourth-order valence-electron chi connectivity index (χ4n) is 8.84. The van der Waals surface area contributed by atoms with Crippen LogP contribution in [0.5, 0.6) is 23.0 Å². The number of ether oxygens (including phenoxy) is 4. The van der Waals surface area contributed by atoms with E-state index in [9.17, 15) is 23.3 Å². The number of aromatic nitrogens is 2. The quantitative estimate of drug-likeness (QED) is 0.0942. The summed E-state index contributed by atoms with van der Waals surface area (Å²) in [5.74, 6) is -0.835. The van der Waals surface area contributed by atoms with Crippen molar-refractivity contribution in [1.82, 2.24) is 24.5 Å². The number of nitro benzene ring substituents is 1. The summed E-state index contributed by atoms with van der Waals surface area (Å²) in [6, 6.07) is 18.8. The van der Waals surface area contributed by atoms with Crippen molar-refractivity contribution in [2.45, 2.75) is 44.1 Å². The fraction of sp³-hybridized carbons (Fsp3) is 0.391. The van der Waals surface area contributed by atoms with Crippen molar-refractivity contribution in [2.75, 3.05) is 77.1 Å². The van der Waals surface area contributed by atoms with Gasteiger partial charge in [-0.1, -0.05) is 43.2 Å². The van der Waals surface area contributed by atoms with Crippen LogP contribution in [0, 0.1) is 15.5 Å². The van der Waals surface area contributed by atoms with Crippen LogP contribution in [-0.2, 0) is 14.8 Å². The summed E-state index contributed by atoms with van der Waals surface area (Å²) in [6.07, 6.45) is 5.92. The molecule has 18 heteroatoms. The largest absolute Gasteiger partial charge is 0.485 e. The van der Waals surface area contributed by atoms with Crippen LogP contribution in [0.3, 0.4) is 0 Å². The number of piperazine rings is 1. The van der Waals surface area contributed by atoms with E-state index in [1.54, 1.807) is 24.4 Å². The second-order valence-corrected chi connectivity index (χ2v) is 19.6. The van der Waals surface area contributed by atoms with Crippen LogP contribution < -0.4 is 23.8 Å². The third-order valence-corrected chi connectivity index (χ3v) is 13.9. The third kappa shape index (κ3) is 9.68. The number of fused-ring (bicyclic) bond motifs is 2. The Morgan fingerprint density at radius 3 is 2.56 bits per heavy atom. The molecule has 5 heterocycles. The zero-order chi connectivity index (χ0) is 44.6. The monoisotopic (exact) mass is 911 g/mol. The van der Waals surface area contributed by atoms with Gasteiger partial charge in [0.1, 0.15) is 29.9 Å². The lowest BCUT2D eigenvalue weighted by Gasteiger charge is -2.39. The molecule has 2 N–H and O–H groups in total. The molecule has 0 unspecified atom stereocenters. The SMILES string of the molecule is CC1(C)CCC(CN2CCN(c3ccc(C(=O)NS(=O)(=O)c4cc5c(c([N+](=O)[O-])c4)O[C@H](CN4CCOCC4)CO5)c(Oc4cnc5[nH]ccc5c4)c3)CC2)=C(c2ccc(Cl)cc2)C1. The van der Waals surface area contributed by atoms with Gasteiger partial charge in [-0.15, -0.1) is 0 Å². The number of amides is 1. The minimum Gasteiger partial charge on any atom is -0.485 e. The Kier molecular flexibility index (Phi) is 12.3. The lowest BCUT2D eigenvalue weighted by Crippen LogP contribution is -2.47. The van der Waals surface area contributed by atoms with E-state index in [0.717, 1.165) is 67.1 Å². The molecule has 9 rings (SSSR count). The van der Waals surface area contributed by atoms with Crippen molar-refractivity contribution in [1.29, 1.82) is 0 Å². The van der Waals surface area contributed by atoms with Gasteiger partial charge in [-0.3, -0.25) is 24.7 Å². The Balaban J connectivity index is 0.938. The van der Waals surface area contributed by atoms with Crippen LogP contribution in [0.2, 0.25) is 5.02 Å². The lowest BCUT2D eigenvalue weighted by molar-refractivity contribution is -0.386. The highest BCUT2D eigenvalue weighted by molar-refractivity contribution is 7.90. The fourth-order valence-corrected chi connectivity index (χ4v) is 9.97. The number of carbonyl (C=O) groups is 1. The Bertz CT molecular complexity index is 2710. The standard InChI is InChI=1S/C46H50ClN7O9S/c1-46(2)11-9-32(39(25-46)30-3-5-33(47)6-4-30)27-51-13-15-53(16-14-51)34-7-8-38(41(22-34)62-35-21-31-10-12-48-44(31)49-26-35)45(55)50-64(58,59)37-23-40(54(56)57)43-42(24-37)61-29-36(63-43)28-52-17-19-60-20-18-52/h3-8,10,12,21-24,26,36H,9,11,13-20,25,27-29H2,1-2H3,(H,48,49)(H,50,55)/t36-/m1/s1. The highest BCUT2D eigenvalue weighted by Crippen LogP contribution is 2.45. The average Bonchev–Trinajstić information content (AvgIpc) is 3.75. The van der Waals surface area contributed by atoms with E-state index in [2.05, 4.69) is 55.4 Å². The molecule has 64 heavy (non-hydrogen) atoms. The van der Waals surface area contributed by atoms with Crippen LogP contribution in [0.4, 0.5) is 11.4 Å². The molecule has 0 radical (unpaired) electrons. The Morgan fingerprint density at radius 2 is 1.80 bits per heavy atom. The van der Waals surface area contributed by atoms with Gasteiger partial charge in [0.2, 0.25) is 5.75 Å². The Labute approximate surface area is 376 Å². The van der Waals surface area contributed by atoms with E-state index in [-0.39, 0.29) is 34.8 Å². The molecule has 3 aromatic carbocycles. The normalized spacial score (nSPS) is 19.4. The Morgan fingerprint density at radius 1 is 1.02 bits per heavy atom. The number of nitrogens with zero attached hydrogens (tertiary/aromatic N) is 5. The molecule has 0 bridgehead atoms. The number of hydrogen-bond donors (Lipinski definition) is 2. The van der Waals surface area contributed by atoms with E-state index in [4.69, 9.17) is 30.5 Å². The predicted molar refractivity (Wildman–Crippen MR) is 242 cm³/mol. The van der Waals surface area contributed by atoms with E-state index in [1.165, 1.54) is 29.0 Å². The molecule has 1 amide bonds. The summed E-state index contributed by atoms with van der Waals surface area (Å²) in [4.78, 5) is 39.3. The van der Waals surface area contributed by atoms with E-state index in [0.29, 0.717) is 57.3 Å². The summed E-state index contributed by atoms with van der Waals surface area (Å²) in [7, 11) is -4.68. The highest BCUT2D eigenvalue weighted by atomic mass is 35.5. The molecular weight excluding hydrogens is 862 g/mol. The number of benzene rings is 3. The number of sulfonamides is 1. The van der Waals surface area contributed by atoms with Crippen molar-refractivity contribution in [3.05, 3.63) is 111 Å².